The smallest absolute Gasteiger partial charge is 0.165 e. The molecule has 0 spiro atoms. The largest absolute Gasteiger partial charge is 0.348 e. The molecule has 0 aliphatic carbocycles. The lowest BCUT2D eigenvalue weighted by atomic mass is 10.1. The summed E-state index contributed by atoms with van der Waals surface area (Å²) in [5, 5.41) is 0. The minimum absolute atomic E-state index is 0.170. The zero-order valence-electron chi connectivity index (χ0n) is 11.2. The van der Waals surface area contributed by atoms with Crippen LogP contribution in [0.15, 0.2) is 0 Å². The predicted molar refractivity (Wildman–Crippen MR) is 67.2 cm³/mol. The molecule has 2 saturated heterocycles. The van der Waals surface area contributed by atoms with Gasteiger partial charge in [0.25, 0.3) is 0 Å². The third-order valence-corrected chi connectivity index (χ3v) is 2.97. The van der Waals surface area contributed by atoms with Gasteiger partial charge in [-0.05, 0) is 27.7 Å². The van der Waals surface area contributed by atoms with Crippen molar-refractivity contribution >= 4 is 11.6 Å². The molecule has 4 nitrogen and oxygen atoms in total. The molecule has 2 aliphatic rings. The summed E-state index contributed by atoms with van der Waals surface area (Å²) >= 11 is 5.58. The lowest BCUT2D eigenvalue weighted by molar-refractivity contribution is -0.174. The molecule has 0 unspecified atom stereocenters. The van der Waals surface area contributed by atoms with E-state index in [2.05, 4.69) is 11.8 Å². The zero-order valence-corrected chi connectivity index (χ0v) is 11.9. The molecule has 0 aromatic heterocycles. The molecule has 0 N–H and O–H groups in total. The molecule has 0 aromatic rings. The van der Waals surface area contributed by atoms with Crippen molar-refractivity contribution in [3.8, 4) is 11.8 Å². The van der Waals surface area contributed by atoms with Crippen LogP contribution in [0, 0.1) is 11.8 Å². The van der Waals surface area contributed by atoms with Crippen molar-refractivity contribution in [2.45, 2.75) is 57.6 Å². The first-order chi connectivity index (χ1) is 8.33. The minimum atomic E-state index is -0.660. The Morgan fingerprint density at radius 2 is 1.83 bits per heavy atom. The van der Waals surface area contributed by atoms with Crippen LogP contribution in [0.25, 0.3) is 0 Å². The van der Waals surface area contributed by atoms with E-state index in [1.54, 1.807) is 0 Å². The Morgan fingerprint density at radius 1 is 1.11 bits per heavy atom. The summed E-state index contributed by atoms with van der Waals surface area (Å²) in [6, 6.07) is 0. The van der Waals surface area contributed by atoms with Crippen molar-refractivity contribution in [3.05, 3.63) is 0 Å². The van der Waals surface area contributed by atoms with Crippen LogP contribution in [0.4, 0.5) is 0 Å². The van der Waals surface area contributed by atoms with Crippen molar-refractivity contribution in [2.24, 2.45) is 0 Å². The van der Waals surface area contributed by atoms with Gasteiger partial charge in [-0.3, -0.25) is 0 Å². The average molecular weight is 275 g/mol. The molecule has 0 aromatic carbocycles. The molecule has 102 valence electrons. The van der Waals surface area contributed by atoms with Crippen LogP contribution in [0.5, 0.6) is 0 Å². The monoisotopic (exact) mass is 274 g/mol. The van der Waals surface area contributed by atoms with E-state index < -0.39 is 11.6 Å². The molecule has 2 aliphatic heterocycles. The summed E-state index contributed by atoms with van der Waals surface area (Å²) in [5.41, 5.74) is 0. The van der Waals surface area contributed by atoms with Crippen LogP contribution >= 0.6 is 11.6 Å². The van der Waals surface area contributed by atoms with E-state index in [0.29, 0.717) is 6.61 Å². The van der Waals surface area contributed by atoms with E-state index >= 15 is 0 Å². The van der Waals surface area contributed by atoms with E-state index in [1.165, 1.54) is 0 Å². The first kappa shape index (κ1) is 14.1. The zero-order chi connectivity index (χ0) is 13.4. The van der Waals surface area contributed by atoms with Crippen LogP contribution < -0.4 is 0 Å². The molecule has 18 heavy (non-hydrogen) atoms. The second-order valence-electron chi connectivity index (χ2n) is 5.34. The molecular formula is C13H19ClO4. The molecule has 2 fully saturated rings. The van der Waals surface area contributed by atoms with Gasteiger partial charge in [-0.2, -0.15) is 0 Å². The van der Waals surface area contributed by atoms with Crippen LogP contribution in [0.3, 0.4) is 0 Å². The van der Waals surface area contributed by atoms with Gasteiger partial charge in [0.2, 0.25) is 0 Å². The minimum Gasteiger partial charge on any atom is -0.348 e. The number of hydrogen-bond donors (Lipinski definition) is 0. The Kier molecular flexibility index (Phi) is 3.91. The van der Waals surface area contributed by atoms with Crippen LogP contribution in [-0.2, 0) is 18.9 Å². The SMILES string of the molecule is CC1(C)OC[C@@H]([C@@H]2OC(C)(C)O[C@@H]2C#CCCl)O1. The lowest BCUT2D eigenvalue weighted by Crippen LogP contribution is -2.37. The highest BCUT2D eigenvalue weighted by atomic mass is 35.5. The second-order valence-corrected chi connectivity index (χ2v) is 5.61. The molecule has 0 amide bonds. The summed E-state index contributed by atoms with van der Waals surface area (Å²) in [5.74, 6) is 4.83. The lowest BCUT2D eigenvalue weighted by Gasteiger charge is -2.22. The Labute approximate surface area is 113 Å². The molecule has 2 heterocycles. The summed E-state index contributed by atoms with van der Waals surface area (Å²) in [6.07, 6.45) is -0.754. The van der Waals surface area contributed by atoms with Gasteiger partial charge in [0.05, 0.1) is 12.5 Å². The Morgan fingerprint density at radius 3 is 2.39 bits per heavy atom. The maximum atomic E-state index is 5.86. The van der Waals surface area contributed by atoms with Crippen LogP contribution in [0.1, 0.15) is 27.7 Å². The van der Waals surface area contributed by atoms with Crippen LogP contribution in [0.2, 0.25) is 0 Å². The summed E-state index contributed by atoms with van der Waals surface area (Å²) < 4.78 is 23.0. The predicted octanol–water partition coefficient (Wildman–Crippen LogP) is 1.90. The van der Waals surface area contributed by atoms with Crippen molar-refractivity contribution in [2.75, 3.05) is 12.5 Å². The quantitative estimate of drug-likeness (QED) is 0.541. The molecular weight excluding hydrogens is 256 g/mol. The fourth-order valence-corrected chi connectivity index (χ4v) is 2.27. The van der Waals surface area contributed by atoms with Gasteiger partial charge in [-0.25, -0.2) is 0 Å². The van der Waals surface area contributed by atoms with E-state index in [0.717, 1.165) is 0 Å². The van der Waals surface area contributed by atoms with Gasteiger partial charge < -0.3 is 18.9 Å². The van der Waals surface area contributed by atoms with Gasteiger partial charge >= 0.3 is 0 Å². The van der Waals surface area contributed by atoms with Crippen LogP contribution in [-0.4, -0.2) is 42.4 Å². The molecule has 2 rings (SSSR count). The maximum Gasteiger partial charge on any atom is 0.165 e. The highest BCUT2D eigenvalue weighted by Crippen LogP contribution is 2.35. The highest BCUT2D eigenvalue weighted by Gasteiger charge is 2.49. The van der Waals surface area contributed by atoms with E-state index in [4.69, 9.17) is 30.5 Å². The number of halogens is 1. The standard InChI is InChI=1S/C13H19ClO4/c1-12(2)15-8-10(17-12)11-9(6-5-7-14)16-13(3,4)18-11/h9-11H,7-8H2,1-4H3/t9-,10+,11-/m1/s1. The Balaban J connectivity index is 2.10. The number of ether oxygens (including phenoxy) is 4. The molecule has 0 saturated carbocycles. The molecule has 3 atom stereocenters. The van der Waals surface area contributed by atoms with Gasteiger partial charge in [0.15, 0.2) is 11.6 Å². The fraction of sp³-hybridized carbons (Fsp3) is 0.846. The van der Waals surface area contributed by atoms with Gasteiger partial charge in [0.1, 0.15) is 18.3 Å². The normalized spacial score (nSPS) is 37.3. The third-order valence-electron chi connectivity index (χ3n) is 2.84. The maximum absolute atomic E-state index is 5.86. The van der Waals surface area contributed by atoms with Gasteiger partial charge in [-0.15, -0.1) is 11.6 Å². The molecule has 0 bridgehead atoms. The number of rotatable bonds is 1. The van der Waals surface area contributed by atoms with Gasteiger partial charge in [0, 0.05) is 0 Å². The van der Waals surface area contributed by atoms with Crippen molar-refractivity contribution in [1.82, 2.24) is 0 Å². The number of alkyl halides is 1. The Bertz CT molecular complexity index is 369. The first-order valence-electron chi connectivity index (χ1n) is 6.05. The summed E-state index contributed by atoms with van der Waals surface area (Å²) in [4.78, 5) is 0. The van der Waals surface area contributed by atoms with E-state index in [1.807, 2.05) is 27.7 Å². The van der Waals surface area contributed by atoms with Gasteiger partial charge in [-0.1, -0.05) is 11.8 Å². The van der Waals surface area contributed by atoms with Crippen molar-refractivity contribution in [3.63, 3.8) is 0 Å². The summed E-state index contributed by atoms with van der Waals surface area (Å²) in [7, 11) is 0. The average Bonchev–Trinajstić information content (AvgIpc) is 2.75. The highest BCUT2D eigenvalue weighted by molar-refractivity contribution is 6.19. The Hall–Kier alpha value is -0.310. The van der Waals surface area contributed by atoms with Crippen molar-refractivity contribution in [1.29, 1.82) is 0 Å². The van der Waals surface area contributed by atoms with Crippen molar-refractivity contribution < 1.29 is 18.9 Å². The summed E-state index contributed by atoms with van der Waals surface area (Å²) in [6.45, 7) is 7.98. The first-order valence-corrected chi connectivity index (χ1v) is 6.58. The fourth-order valence-electron chi connectivity index (χ4n) is 2.19. The number of hydrogen-bond acceptors (Lipinski definition) is 4. The van der Waals surface area contributed by atoms with E-state index in [-0.39, 0.29) is 24.2 Å². The molecule has 5 heteroatoms. The van der Waals surface area contributed by atoms with E-state index in [9.17, 15) is 0 Å². The molecule has 0 radical (unpaired) electrons. The second kappa shape index (κ2) is 4.99. The topological polar surface area (TPSA) is 36.9 Å². The third kappa shape index (κ3) is 3.17.